The van der Waals surface area contributed by atoms with Crippen LogP contribution in [0.25, 0.3) is 0 Å². The molecule has 1 aromatic rings. The van der Waals surface area contributed by atoms with Gasteiger partial charge in [0.2, 0.25) is 5.91 Å². The third-order valence-electron chi connectivity index (χ3n) is 7.03. The van der Waals surface area contributed by atoms with Gasteiger partial charge in [-0.3, -0.25) is 14.4 Å². The summed E-state index contributed by atoms with van der Waals surface area (Å²) in [4.78, 5) is 43.7. The molecular weight excluding hydrogens is 540 g/mol. The number of anilines is 1. The van der Waals surface area contributed by atoms with E-state index in [2.05, 4.69) is 29.1 Å². The number of fused-ring (bicyclic) bond motifs is 1. The number of alkyl halides is 1. The number of halogens is 2. The highest BCUT2D eigenvalue weighted by molar-refractivity contribution is 9.09. The van der Waals surface area contributed by atoms with Gasteiger partial charge in [-0.2, -0.15) is 0 Å². The molecule has 1 aromatic carbocycles. The molecule has 0 aliphatic carbocycles. The summed E-state index contributed by atoms with van der Waals surface area (Å²) in [5.74, 6) is -3.14. The van der Waals surface area contributed by atoms with E-state index in [1.54, 1.807) is 37.3 Å². The molecule has 3 unspecified atom stereocenters. The molecule has 35 heavy (non-hydrogen) atoms. The lowest BCUT2D eigenvalue weighted by Gasteiger charge is -2.38. The maximum atomic E-state index is 14.2. The number of aliphatic hydroxyl groups is 1. The van der Waals surface area contributed by atoms with Crippen molar-refractivity contribution in [2.45, 2.75) is 42.0 Å². The zero-order chi connectivity index (χ0) is 25.5. The largest absolute Gasteiger partial charge is 0.461 e. The van der Waals surface area contributed by atoms with Gasteiger partial charge in [0.1, 0.15) is 18.2 Å². The number of benzene rings is 1. The molecule has 188 valence electrons. The summed E-state index contributed by atoms with van der Waals surface area (Å²) >= 11 is 9.65. The van der Waals surface area contributed by atoms with Crippen molar-refractivity contribution >= 4 is 51.0 Å². The van der Waals surface area contributed by atoms with Gasteiger partial charge in [-0.15, -0.1) is 6.58 Å². The maximum absolute atomic E-state index is 14.2. The molecule has 10 heteroatoms. The average molecular weight is 568 g/mol. The molecule has 0 radical (unpaired) electrons. The number of rotatable bonds is 9. The number of hydrogen-bond acceptors (Lipinski definition) is 6. The summed E-state index contributed by atoms with van der Waals surface area (Å²) in [7, 11) is 0. The minimum absolute atomic E-state index is 0.00567. The van der Waals surface area contributed by atoms with E-state index in [1.165, 1.54) is 15.9 Å². The third-order valence-corrected chi connectivity index (χ3v) is 8.13. The molecule has 0 aromatic heterocycles. The maximum Gasteiger partial charge on any atom is 0.312 e. The average Bonchev–Trinajstić information content (AvgIpc) is 3.44. The molecule has 4 rings (SSSR count). The van der Waals surface area contributed by atoms with Gasteiger partial charge in [0.25, 0.3) is 5.91 Å². The van der Waals surface area contributed by atoms with Gasteiger partial charge >= 0.3 is 5.97 Å². The highest BCUT2D eigenvalue weighted by Gasteiger charge is 2.77. The highest BCUT2D eigenvalue weighted by atomic mass is 79.9. The number of amides is 2. The molecule has 7 atom stereocenters. The molecule has 3 aliphatic heterocycles. The Morgan fingerprint density at radius 3 is 2.66 bits per heavy atom. The van der Waals surface area contributed by atoms with Gasteiger partial charge in [-0.25, -0.2) is 0 Å². The Balaban J connectivity index is 1.80. The van der Waals surface area contributed by atoms with Crippen molar-refractivity contribution in [2.24, 2.45) is 11.8 Å². The lowest BCUT2D eigenvalue weighted by Crippen LogP contribution is -2.58. The highest BCUT2D eigenvalue weighted by Crippen LogP contribution is 2.60. The summed E-state index contributed by atoms with van der Waals surface area (Å²) in [5.41, 5.74) is -0.673. The van der Waals surface area contributed by atoms with E-state index in [4.69, 9.17) is 21.1 Å². The summed E-state index contributed by atoms with van der Waals surface area (Å²) < 4.78 is 11.7. The predicted molar refractivity (Wildman–Crippen MR) is 134 cm³/mol. The first kappa shape index (κ1) is 25.9. The van der Waals surface area contributed by atoms with Gasteiger partial charge in [-0.05, 0) is 37.6 Å². The van der Waals surface area contributed by atoms with Gasteiger partial charge in [0.05, 0.1) is 30.6 Å². The minimum atomic E-state index is -1.25. The standard InChI is InChI=1S/C25H28BrClN2O6/c1-4-10-28(16-8-6-15(27)7-9-16)23(32)21-25-12-17(26)20(35-25)18(24(33)34-11-5-2)19(25)22(31)29(21)14(3)13-30/h4-9,14,17-21,30H,1-2,10-13H2,3H3/t14-,17?,18-,19+,20-,21?,25?/m1/s1. The van der Waals surface area contributed by atoms with Crippen molar-refractivity contribution in [3.8, 4) is 0 Å². The van der Waals surface area contributed by atoms with E-state index in [9.17, 15) is 19.5 Å². The summed E-state index contributed by atoms with van der Waals surface area (Å²) in [5, 5.41) is 10.5. The van der Waals surface area contributed by atoms with Crippen LogP contribution in [0.15, 0.2) is 49.6 Å². The number of nitrogens with zero attached hydrogens (tertiary/aromatic N) is 2. The van der Waals surface area contributed by atoms with Crippen molar-refractivity contribution in [1.29, 1.82) is 0 Å². The molecular formula is C25H28BrClN2O6. The number of ether oxygens (including phenoxy) is 2. The molecule has 8 nitrogen and oxygen atoms in total. The Bertz CT molecular complexity index is 1040. The van der Waals surface area contributed by atoms with Crippen LogP contribution in [-0.2, 0) is 23.9 Å². The SMILES string of the molecule is C=CCOC(=O)[C@H]1[C@@H]2OC3(CC2Br)C(C(=O)N(CC=C)c2ccc(Cl)cc2)N([C@H](C)CO)C(=O)[C@H]13. The van der Waals surface area contributed by atoms with Crippen LogP contribution in [0.4, 0.5) is 5.69 Å². The molecule has 2 bridgehead atoms. The molecule has 1 N–H and O–H groups in total. The molecule has 1 spiro atoms. The van der Waals surface area contributed by atoms with Crippen LogP contribution in [0, 0.1) is 11.8 Å². The summed E-state index contributed by atoms with van der Waals surface area (Å²) in [6.45, 7) is 8.84. The molecule has 2 amide bonds. The van der Waals surface area contributed by atoms with Crippen molar-refractivity contribution in [3.63, 3.8) is 0 Å². The van der Waals surface area contributed by atoms with Crippen LogP contribution in [0.1, 0.15) is 13.3 Å². The van der Waals surface area contributed by atoms with Crippen molar-refractivity contribution in [3.05, 3.63) is 54.6 Å². The molecule has 3 fully saturated rings. The summed E-state index contributed by atoms with van der Waals surface area (Å²) in [6.07, 6.45) is 2.78. The van der Waals surface area contributed by atoms with E-state index in [-0.39, 0.29) is 30.5 Å². The van der Waals surface area contributed by atoms with Gasteiger partial charge in [-0.1, -0.05) is 46.3 Å². The summed E-state index contributed by atoms with van der Waals surface area (Å²) in [6, 6.07) is 5.05. The molecule has 3 aliphatic rings. The van der Waals surface area contributed by atoms with E-state index >= 15 is 0 Å². The second kappa shape index (κ2) is 10.0. The topological polar surface area (TPSA) is 96.4 Å². The van der Waals surface area contributed by atoms with Crippen LogP contribution < -0.4 is 4.90 Å². The second-order valence-electron chi connectivity index (χ2n) is 9.07. The fourth-order valence-corrected chi connectivity index (χ4v) is 6.70. The third kappa shape index (κ3) is 4.12. The van der Waals surface area contributed by atoms with Crippen molar-refractivity contribution < 1.29 is 29.0 Å². The lowest BCUT2D eigenvalue weighted by molar-refractivity contribution is -0.154. The number of carbonyl (C=O) groups is 3. The predicted octanol–water partition coefficient (Wildman–Crippen LogP) is 2.72. The molecule has 3 heterocycles. The van der Waals surface area contributed by atoms with Crippen molar-refractivity contribution in [2.75, 3.05) is 24.7 Å². The Morgan fingerprint density at radius 1 is 1.37 bits per heavy atom. The van der Waals surface area contributed by atoms with E-state index in [1.807, 2.05) is 0 Å². The fourth-order valence-electron chi connectivity index (χ4n) is 5.64. The smallest absolute Gasteiger partial charge is 0.312 e. The Kier molecular flexibility index (Phi) is 7.43. The minimum Gasteiger partial charge on any atom is -0.461 e. The number of aliphatic hydroxyl groups excluding tert-OH is 1. The van der Waals surface area contributed by atoms with Gasteiger partial charge in [0.15, 0.2) is 0 Å². The molecule has 3 saturated heterocycles. The molecule has 0 saturated carbocycles. The first-order chi connectivity index (χ1) is 16.7. The zero-order valence-corrected chi connectivity index (χ0v) is 21.7. The number of esters is 1. The van der Waals surface area contributed by atoms with Crippen LogP contribution in [0.5, 0.6) is 0 Å². The van der Waals surface area contributed by atoms with Crippen LogP contribution >= 0.6 is 27.5 Å². The lowest BCUT2D eigenvalue weighted by atomic mass is 9.70. The monoisotopic (exact) mass is 566 g/mol. The number of likely N-dealkylation sites (tertiary alicyclic amines) is 1. The zero-order valence-electron chi connectivity index (χ0n) is 19.3. The quantitative estimate of drug-likeness (QED) is 0.280. The number of carbonyl (C=O) groups excluding carboxylic acids is 3. The first-order valence-electron chi connectivity index (χ1n) is 11.4. The van der Waals surface area contributed by atoms with E-state index < -0.39 is 47.5 Å². The fraction of sp³-hybridized carbons (Fsp3) is 0.480. The van der Waals surface area contributed by atoms with E-state index in [0.29, 0.717) is 17.1 Å². The Labute approximate surface area is 217 Å². The van der Waals surface area contributed by atoms with Crippen LogP contribution in [0.2, 0.25) is 5.02 Å². The Morgan fingerprint density at radius 2 is 2.06 bits per heavy atom. The normalized spacial score (nSPS) is 31.7. The first-order valence-corrected chi connectivity index (χ1v) is 12.7. The van der Waals surface area contributed by atoms with E-state index in [0.717, 1.165) is 0 Å². The van der Waals surface area contributed by atoms with Crippen LogP contribution in [0.3, 0.4) is 0 Å². The number of hydrogen-bond donors (Lipinski definition) is 1. The van der Waals surface area contributed by atoms with Gasteiger partial charge in [0, 0.05) is 22.1 Å². The second-order valence-corrected chi connectivity index (χ2v) is 10.7. The van der Waals surface area contributed by atoms with Crippen LogP contribution in [-0.4, -0.2) is 76.2 Å². The van der Waals surface area contributed by atoms with Gasteiger partial charge < -0.3 is 24.4 Å². The van der Waals surface area contributed by atoms with Crippen molar-refractivity contribution in [1.82, 2.24) is 4.90 Å². The Hall–Kier alpha value is -2.20.